The van der Waals surface area contributed by atoms with Crippen LogP contribution in [0, 0.1) is 5.92 Å². The number of nitrogens with zero attached hydrogens (tertiary/aromatic N) is 2. The lowest BCUT2D eigenvalue weighted by Gasteiger charge is -2.35. The number of piperidine rings is 1. The summed E-state index contributed by atoms with van der Waals surface area (Å²) in [7, 11) is 0. The van der Waals surface area contributed by atoms with Gasteiger partial charge in [-0.05, 0) is 26.2 Å². The van der Waals surface area contributed by atoms with E-state index >= 15 is 0 Å². The van der Waals surface area contributed by atoms with E-state index in [-0.39, 0.29) is 29.6 Å². The SMILES string of the molecule is CCOC(=O)C1CCN(C(=O)[C@@H]2CSCN2C(=O)[C@@H]2CCC(=O)N2)CC1. The van der Waals surface area contributed by atoms with Gasteiger partial charge in [0, 0.05) is 25.3 Å². The Labute approximate surface area is 157 Å². The van der Waals surface area contributed by atoms with E-state index in [0.29, 0.717) is 57.0 Å². The van der Waals surface area contributed by atoms with E-state index in [1.807, 2.05) is 0 Å². The maximum Gasteiger partial charge on any atom is 0.309 e. The summed E-state index contributed by atoms with van der Waals surface area (Å²) < 4.78 is 5.06. The zero-order valence-corrected chi connectivity index (χ0v) is 15.8. The first-order valence-corrected chi connectivity index (χ1v) is 10.3. The van der Waals surface area contributed by atoms with E-state index in [1.165, 1.54) is 0 Å². The van der Waals surface area contributed by atoms with Crippen LogP contribution in [-0.2, 0) is 23.9 Å². The molecule has 1 N–H and O–H groups in total. The Balaban J connectivity index is 1.56. The van der Waals surface area contributed by atoms with Crippen molar-refractivity contribution in [2.24, 2.45) is 5.92 Å². The van der Waals surface area contributed by atoms with Crippen molar-refractivity contribution in [2.75, 3.05) is 31.3 Å². The third-order valence-corrected chi connectivity index (χ3v) is 6.18. The van der Waals surface area contributed by atoms with Crippen molar-refractivity contribution in [2.45, 2.75) is 44.7 Å². The largest absolute Gasteiger partial charge is 0.466 e. The van der Waals surface area contributed by atoms with Gasteiger partial charge >= 0.3 is 5.97 Å². The number of thioether (sulfide) groups is 1. The zero-order valence-electron chi connectivity index (χ0n) is 14.9. The van der Waals surface area contributed by atoms with Crippen LogP contribution in [0.25, 0.3) is 0 Å². The average Bonchev–Trinajstić information content (AvgIpc) is 3.30. The predicted molar refractivity (Wildman–Crippen MR) is 95.1 cm³/mol. The second-order valence-corrected chi connectivity index (χ2v) is 7.83. The molecule has 3 aliphatic rings. The molecule has 3 aliphatic heterocycles. The third kappa shape index (κ3) is 3.97. The molecule has 0 radical (unpaired) electrons. The normalized spacial score (nSPS) is 26.7. The molecule has 8 nitrogen and oxygen atoms in total. The smallest absolute Gasteiger partial charge is 0.309 e. The Bertz CT molecular complexity index is 591. The van der Waals surface area contributed by atoms with Crippen molar-refractivity contribution >= 4 is 35.5 Å². The minimum absolute atomic E-state index is 0.0602. The maximum atomic E-state index is 12.9. The molecule has 3 saturated heterocycles. The van der Waals surface area contributed by atoms with Gasteiger partial charge in [-0.25, -0.2) is 0 Å². The highest BCUT2D eigenvalue weighted by atomic mass is 32.2. The highest BCUT2D eigenvalue weighted by Gasteiger charge is 2.42. The quantitative estimate of drug-likeness (QED) is 0.685. The lowest BCUT2D eigenvalue weighted by atomic mass is 9.96. The number of rotatable bonds is 4. The molecule has 0 aromatic carbocycles. The number of nitrogens with one attached hydrogen (secondary N) is 1. The van der Waals surface area contributed by atoms with Crippen LogP contribution in [0.1, 0.15) is 32.6 Å². The topological polar surface area (TPSA) is 96.0 Å². The van der Waals surface area contributed by atoms with Crippen molar-refractivity contribution in [1.82, 2.24) is 15.1 Å². The van der Waals surface area contributed by atoms with Gasteiger partial charge in [0.05, 0.1) is 18.4 Å². The predicted octanol–water partition coefficient (Wildman–Crippen LogP) is -0.0318. The molecule has 0 aliphatic carbocycles. The number of ether oxygens (including phenoxy) is 1. The lowest BCUT2D eigenvalue weighted by molar-refractivity contribution is -0.152. The molecule has 0 saturated carbocycles. The number of carbonyl (C=O) groups is 4. The second kappa shape index (κ2) is 8.28. The fourth-order valence-electron chi connectivity index (χ4n) is 3.67. The fraction of sp³-hybridized carbons (Fsp3) is 0.765. The van der Waals surface area contributed by atoms with Crippen molar-refractivity contribution in [3.05, 3.63) is 0 Å². The monoisotopic (exact) mass is 383 g/mol. The summed E-state index contributed by atoms with van der Waals surface area (Å²) in [6.45, 7) is 3.16. The Hall–Kier alpha value is -1.77. The van der Waals surface area contributed by atoms with Crippen LogP contribution in [-0.4, -0.2) is 76.9 Å². The van der Waals surface area contributed by atoms with E-state index in [1.54, 1.807) is 28.5 Å². The second-order valence-electron chi connectivity index (χ2n) is 6.83. The first kappa shape index (κ1) is 19.0. The molecule has 9 heteroatoms. The number of hydrogen-bond donors (Lipinski definition) is 1. The van der Waals surface area contributed by atoms with Crippen molar-refractivity contribution in [3.63, 3.8) is 0 Å². The van der Waals surface area contributed by atoms with Gasteiger partial charge in [0.2, 0.25) is 17.7 Å². The van der Waals surface area contributed by atoms with Crippen LogP contribution in [0.5, 0.6) is 0 Å². The van der Waals surface area contributed by atoms with Crippen LogP contribution in [0.2, 0.25) is 0 Å². The molecule has 144 valence electrons. The van der Waals surface area contributed by atoms with Gasteiger partial charge in [-0.3, -0.25) is 19.2 Å². The summed E-state index contributed by atoms with van der Waals surface area (Å²) >= 11 is 1.55. The van der Waals surface area contributed by atoms with Gasteiger partial charge < -0.3 is 19.9 Å². The van der Waals surface area contributed by atoms with Crippen molar-refractivity contribution in [3.8, 4) is 0 Å². The summed E-state index contributed by atoms with van der Waals surface area (Å²) in [6, 6.07) is -0.991. The van der Waals surface area contributed by atoms with E-state index in [4.69, 9.17) is 4.74 Å². The standard InChI is InChI=1S/C17H25N3O5S/c1-2-25-17(24)11-5-7-19(8-6-11)16(23)13-9-26-10-20(13)15(22)12-3-4-14(21)18-12/h11-13H,2-10H2,1H3,(H,18,21)/t12-,13-/m0/s1. The molecule has 3 fully saturated rings. The van der Waals surface area contributed by atoms with Gasteiger partial charge in [0.25, 0.3) is 0 Å². The van der Waals surface area contributed by atoms with E-state index in [0.717, 1.165) is 0 Å². The Kier molecular flexibility index (Phi) is 6.05. The van der Waals surface area contributed by atoms with Crippen LogP contribution >= 0.6 is 11.8 Å². The summed E-state index contributed by atoms with van der Waals surface area (Å²) in [5.41, 5.74) is 0. The summed E-state index contributed by atoms with van der Waals surface area (Å²) in [4.78, 5) is 52.1. The summed E-state index contributed by atoms with van der Waals surface area (Å²) in [6.07, 6.45) is 2.04. The minimum Gasteiger partial charge on any atom is -0.466 e. The summed E-state index contributed by atoms with van der Waals surface area (Å²) in [5.74, 6) is 0.368. The average molecular weight is 383 g/mol. The number of amides is 3. The van der Waals surface area contributed by atoms with Gasteiger partial charge in [-0.2, -0.15) is 0 Å². The maximum absolute atomic E-state index is 12.9. The third-order valence-electron chi connectivity index (χ3n) is 5.17. The van der Waals surface area contributed by atoms with E-state index < -0.39 is 12.1 Å². The van der Waals surface area contributed by atoms with Gasteiger partial charge in [0.15, 0.2) is 0 Å². The van der Waals surface area contributed by atoms with Crippen LogP contribution in [0.15, 0.2) is 0 Å². The number of likely N-dealkylation sites (tertiary alicyclic amines) is 1. The zero-order chi connectivity index (χ0) is 18.7. The molecule has 2 atom stereocenters. The highest BCUT2D eigenvalue weighted by Crippen LogP contribution is 2.27. The molecular weight excluding hydrogens is 358 g/mol. The molecule has 0 bridgehead atoms. The van der Waals surface area contributed by atoms with Gasteiger partial charge in [-0.1, -0.05) is 0 Å². The molecule has 0 aromatic rings. The number of esters is 1. The molecular formula is C17H25N3O5S. The van der Waals surface area contributed by atoms with E-state index in [2.05, 4.69) is 5.32 Å². The molecule has 3 rings (SSSR count). The van der Waals surface area contributed by atoms with Crippen molar-refractivity contribution in [1.29, 1.82) is 0 Å². The molecule has 0 spiro atoms. The molecule has 3 heterocycles. The number of carbonyl (C=O) groups excluding carboxylic acids is 4. The van der Waals surface area contributed by atoms with Gasteiger partial charge in [-0.15, -0.1) is 11.8 Å². The minimum atomic E-state index is -0.508. The molecule has 0 aromatic heterocycles. The highest BCUT2D eigenvalue weighted by molar-refractivity contribution is 7.99. The van der Waals surface area contributed by atoms with E-state index in [9.17, 15) is 19.2 Å². The van der Waals surface area contributed by atoms with Crippen LogP contribution in [0.4, 0.5) is 0 Å². The molecule has 26 heavy (non-hydrogen) atoms. The lowest BCUT2D eigenvalue weighted by Crippen LogP contribution is -2.54. The molecule has 3 amide bonds. The Morgan fingerprint density at radius 2 is 1.92 bits per heavy atom. The first-order valence-electron chi connectivity index (χ1n) is 9.14. The fourth-order valence-corrected chi connectivity index (χ4v) is 4.83. The first-order chi connectivity index (χ1) is 12.5. The summed E-state index contributed by atoms with van der Waals surface area (Å²) in [5, 5.41) is 2.68. The van der Waals surface area contributed by atoms with Crippen molar-refractivity contribution < 1.29 is 23.9 Å². The van der Waals surface area contributed by atoms with Crippen LogP contribution < -0.4 is 5.32 Å². The number of hydrogen-bond acceptors (Lipinski definition) is 6. The Morgan fingerprint density at radius 1 is 1.19 bits per heavy atom. The van der Waals surface area contributed by atoms with Gasteiger partial charge in [0.1, 0.15) is 12.1 Å². The van der Waals surface area contributed by atoms with Crippen LogP contribution in [0.3, 0.4) is 0 Å². The molecule has 0 unspecified atom stereocenters. The Morgan fingerprint density at radius 3 is 2.54 bits per heavy atom.